The predicted molar refractivity (Wildman–Crippen MR) is 77.2 cm³/mol. The van der Waals surface area contributed by atoms with Gasteiger partial charge in [0.15, 0.2) is 6.17 Å². The van der Waals surface area contributed by atoms with Crippen LogP contribution >= 0.6 is 11.6 Å². The van der Waals surface area contributed by atoms with E-state index in [0.29, 0.717) is 5.69 Å². The van der Waals surface area contributed by atoms with E-state index < -0.39 is 23.8 Å². The van der Waals surface area contributed by atoms with Gasteiger partial charge in [0, 0.05) is 5.69 Å². The minimum atomic E-state index is -5.99. The first-order valence-corrected chi connectivity index (χ1v) is 6.81. The highest BCUT2D eigenvalue weighted by Gasteiger charge is 2.63. The van der Waals surface area contributed by atoms with Crippen LogP contribution in [0.15, 0.2) is 42.5 Å². The monoisotopic (exact) mass is 369 g/mol. The standard InChI is InChI=1S/C15H10ClF6NO/c16-11-7-9(23)3-6-12(11)24-10-4-1-8(2-5-10)13(17)14(18,19)15(20,21)22/h1-7,13H,23H2. The summed E-state index contributed by atoms with van der Waals surface area (Å²) in [7, 11) is 0. The summed E-state index contributed by atoms with van der Waals surface area (Å²) < 4.78 is 81.4. The van der Waals surface area contributed by atoms with Crippen molar-refractivity contribution in [2.75, 3.05) is 5.73 Å². The Bertz CT molecular complexity index is 717. The van der Waals surface area contributed by atoms with E-state index in [0.717, 1.165) is 24.3 Å². The molecule has 2 aromatic rings. The zero-order valence-electron chi connectivity index (χ0n) is 11.8. The summed E-state index contributed by atoms with van der Waals surface area (Å²) in [4.78, 5) is 0. The Morgan fingerprint density at radius 3 is 2.04 bits per heavy atom. The van der Waals surface area contributed by atoms with Gasteiger partial charge in [-0.25, -0.2) is 4.39 Å². The highest BCUT2D eigenvalue weighted by molar-refractivity contribution is 6.32. The van der Waals surface area contributed by atoms with Crippen molar-refractivity contribution in [3.8, 4) is 11.5 Å². The van der Waals surface area contributed by atoms with Crippen LogP contribution in [-0.2, 0) is 0 Å². The molecule has 0 fully saturated rings. The first-order chi connectivity index (χ1) is 11.0. The number of nitrogen functional groups attached to an aromatic ring is 1. The summed E-state index contributed by atoms with van der Waals surface area (Å²) in [5, 5.41) is 0.172. The number of halogens is 7. The highest BCUT2D eigenvalue weighted by Crippen LogP contribution is 2.46. The maximum Gasteiger partial charge on any atom is 0.456 e. The van der Waals surface area contributed by atoms with Crippen LogP contribution in [0.1, 0.15) is 11.7 Å². The number of hydrogen-bond donors (Lipinski definition) is 1. The van der Waals surface area contributed by atoms with Gasteiger partial charge < -0.3 is 10.5 Å². The summed E-state index contributed by atoms with van der Waals surface area (Å²) in [5.41, 5.74) is 5.07. The number of anilines is 1. The number of rotatable bonds is 4. The lowest BCUT2D eigenvalue weighted by Crippen LogP contribution is -2.40. The minimum Gasteiger partial charge on any atom is -0.456 e. The fourth-order valence-corrected chi connectivity index (χ4v) is 2.01. The van der Waals surface area contributed by atoms with Crippen molar-refractivity contribution in [2.45, 2.75) is 18.3 Å². The molecular weight excluding hydrogens is 360 g/mol. The number of nitrogens with two attached hydrogens (primary N) is 1. The molecule has 0 bridgehead atoms. The second-order valence-corrected chi connectivity index (χ2v) is 5.25. The molecular formula is C15H10ClF6NO. The average molecular weight is 370 g/mol. The molecule has 0 aromatic heterocycles. The van der Waals surface area contributed by atoms with E-state index >= 15 is 0 Å². The molecule has 9 heteroatoms. The lowest BCUT2D eigenvalue weighted by Gasteiger charge is -2.23. The molecule has 0 aliphatic carbocycles. The molecule has 0 aliphatic rings. The van der Waals surface area contributed by atoms with Crippen molar-refractivity contribution in [1.82, 2.24) is 0 Å². The van der Waals surface area contributed by atoms with Gasteiger partial charge >= 0.3 is 12.1 Å². The Kier molecular flexibility index (Phi) is 4.89. The third-order valence-corrected chi connectivity index (χ3v) is 3.35. The topological polar surface area (TPSA) is 35.2 Å². The summed E-state index contributed by atoms with van der Waals surface area (Å²) in [6, 6.07) is 8.03. The summed E-state index contributed by atoms with van der Waals surface area (Å²) in [6.45, 7) is 0. The van der Waals surface area contributed by atoms with Gasteiger partial charge in [0.1, 0.15) is 11.5 Å². The van der Waals surface area contributed by atoms with Crippen molar-refractivity contribution in [2.24, 2.45) is 0 Å². The van der Waals surface area contributed by atoms with Crippen LogP contribution in [0.5, 0.6) is 11.5 Å². The SMILES string of the molecule is Nc1ccc(Oc2ccc(C(F)C(F)(F)C(F)(F)F)cc2)c(Cl)c1. The van der Waals surface area contributed by atoms with Gasteiger partial charge in [-0.05, 0) is 35.9 Å². The molecule has 2 aromatic carbocycles. The van der Waals surface area contributed by atoms with Crippen LogP contribution in [0.2, 0.25) is 5.02 Å². The van der Waals surface area contributed by atoms with Gasteiger partial charge in [0.2, 0.25) is 0 Å². The fraction of sp³-hybridized carbons (Fsp3) is 0.200. The van der Waals surface area contributed by atoms with Crippen LogP contribution in [0, 0.1) is 0 Å². The Morgan fingerprint density at radius 1 is 0.958 bits per heavy atom. The predicted octanol–water partition coefficient (Wildman–Crippen LogP) is 5.92. The van der Waals surface area contributed by atoms with Crippen molar-refractivity contribution in [3.05, 3.63) is 53.1 Å². The number of alkyl halides is 6. The fourth-order valence-electron chi connectivity index (χ4n) is 1.78. The molecule has 2 rings (SSSR count). The zero-order valence-corrected chi connectivity index (χ0v) is 12.5. The largest absolute Gasteiger partial charge is 0.456 e. The second kappa shape index (κ2) is 6.43. The molecule has 0 radical (unpaired) electrons. The Morgan fingerprint density at radius 2 is 1.54 bits per heavy atom. The third-order valence-electron chi connectivity index (χ3n) is 3.05. The molecule has 0 amide bonds. The van der Waals surface area contributed by atoms with Gasteiger partial charge in [-0.1, -0.05) is 23.7 Å². The molecule has 0 spiro atoms. The van der Waals surface area contributed by atoms with Gasteiger partial charge in [0.25, 0.3) is 0 Å². The maximum atomic E-state index is 13.5. The van der Waals surface area contributed by atoms with Crippen LogP contribution in [0.25, 0.3) is 0 Å². The Labute approximate surface area is 137 Å². The van der Waals surface area contributed by atoms with Gasteiger partial charge in [0.05, 0.1) is 5.02 Å². The van der Waals surface area contributed by atoms with Gasteiger partial charge in [-0.3, -0.25) is 0 Å². The lowest BCUT2D eigenvalue weighted by atomic mass is 10.0. The van der Waals surface area contributed by atoms with E-state index in [4.69, 9.17) is 22.1 Å². The van der Waals surface area contributed by atoms with Crippen molar-refractivity contribution < 1.29 is 31.1 Å². The van der Waals surface area contributed by atoms with E-state index in [1.807, 2.05) is 0 Å². The van der Waals surface area contributed by atoms with Crippen molar-refractivity contribution >= 4 is 17.3 Å². The molecule has 0 saturated heterocycles. The van der Waals surface area contributed by atoms with Gasteiger partial charge in [-0.2, -0.15) is 22.0 Å². The second-order valence-electron chi connectivity index (χ2n) is 4.84. The third kappa shape index (κ3) is 3.69. The van der Waals surface area contributed by atoms with E-state index in [2.05, 4.69) is 0 Å². The lowest BCUT2D eigenvalue weighted by molar-refractivity contribution is -0.305. The molecule has 1 unspecified atom stereocenters. The van der Waals surface area contributed by atoms with Crippen LogP contribution in [0.3, 0.4) is 0 Å². The first-order valence-electron chi connectivity index (χ1n) is 6.44. The highest BCUT2D eigenvalue weighted by atomic mass is 35.5. The molecule has 2 N–H and O–H groups in total. The minimum absolute atomic E-state index is 0.0768. The van der Waals surface area contributed by atoms with E-state index in [9.17, 15) is 26.3 Å². The summed E-state index contributed by atoms with van der Waals surface area (Å²) in [5.74, 6) is -5.22. The molecule has 2 nitrogen and oxygen atoms in total. The van der Waals surface area contributed by atoms with Crippen molar-refractivity contribution in [3.63, 3.8) is 0 Å². The zero-order chi connectivity index (χ0) is 18.1. The molecule has 0 aliphatic heterocycles. The van der Waals surface area contributed by atoms with Crippen molar-refractivity contribution in [1.29, 1.82) is 0 Å². The van der Waals surface area contributed by atoms with Crippen LogP contribution in [-0.4, -0.2) is 12.1 Å². The van der Waals surface area contributed by atoms with Crippen LogP contribution in [0.4, 0.5) is 32.0 Å². The number of hydrogen-bond acceptors (Lipinski definition) is 2. The van der Waals surface area contributed by atoms with E-state index in [-0.39, 0.29) is 16.5 Å². The Hall–Kier alpha value is -2.09. The first kappa shape index (κ1) is 18.3. The summed E-state index contributed by atoms with van der Waals surface area (Å²) in [6.07, 6.45) is -9.51. The molecule has 0 saturated carbocycles. The smallest absolute Gasteiger partial charge is 0.456 e. The maximum absolute atomic E-state index is 13.5. The van der Waals surface area contributed by atoms with E-state index in [1.54, 1.807) is 0 Å². The van der Waals surface area contributed by atoms with Crippen LogP contribution < -0.4 is 10.5 Å². The Balaban J connectivity index is 2.19. The molecule has 24 heavy (non-hydrogen) atoms. The quantitative estimate of drug-likeness (QED) is 0.536. The molecule has 1 atom stereocenters. The van der Waals surface area contributed by atoms with Gasteiger partial charge in [-0.15, -0.1) is 0 Å². The number of ether oxygens (including phenoxy) is 1. The normalized spacial score (nSPS) is 13.6. The molecule has 0 heterocycles. The summed E-state index contributed by atoms with van der Waals surface area (Å²) >= 11 is 5.88. The number of benzene rings is 2. The van der Waals surface area contributed by atoms with E-state index in [1.165, 1.54) is 18.2 Å². The average Bonchev–Trinajstić information content (AvgIpc) is 2.49. The molecule has 130 valence electrons.